The Bertz CT molecular complexity index is 542. The molecule has 1 aliphatic carbocycles. The minimum atomic E-state index is 0.949. The third-order valence-corrected chi connectivity index (χ3v) is 2.83. The van der Waals surface area contributed by atoms with Gasteiger partial charge in [0, 0.05) is 11.9 Å². The van der Waals surface area contributed by atoms with Gasteiger partial charge in [0.25, 0.3) is 0 Å². The summed E-state index contributed by atoms with van der Waals surface area (Å²) >= 11 is 0. The monoisotopic (exact) mass is 235 g/mol. The largest absolute Gasteiger partial charge is 0.262 e. The van der Waals surface area contributed by atoms with Crippen LogP contribution >= 0.6 is 0 Å². The zero-order valence-corrected chi connectivity index (χ0v) is 10.6. The quantitative estimate of drug-likeness (QED) is 0.681. The number of nitrogens with zero attached hydrogens (tertiary/aromatic N) is 1. The molecule has 0 heterocycles. The van der Waals surface area contributed by atoms with E-state index in [1.165, 1.54) is 16.7 Å². The Morgan fingerprint density at radius 2 is 2.00 bits per heavy atom. The Labute approximate surface area is 109 Å². The summed E-state index contributed by atoms with van der Waals surface area (Å²) in [4.78, 5) is 4.15. The summed E-state index contributed by atoms with van der Waals surface area (Å²) in [5.74, 6) is 0. The second-order valence-electron chi connectivity index (χ2n) is 4.24. The molecule has 1 aromatic rings. The minimum absolute atomic E-state index is 0.949. The van der Waals surface area contributed by atoms with Crippen molar-refractivity contribution in [1.82, 2.24) is 0 Å². The molecule has 0 N–H and O–H groups in total. The van der Waals surface area contributed by atoms with Crippen LogP contribution in [0.25, 0.3) is 5.57 Å². The van der Waals surface area contributed by atoms with Crippen LogP contribution in [-0.4, -0.2) is 5.71 Å². The van der Waals surface area contributed by atoms with E-state index in [-0.39, 0.29) is 0 Å². The Morgan fingerprint density at radius 1 is 1.22 bits per heavy atom. The Morgan fingerprint density at radius 3 is 2.61 bits per heavy atom. The molecule has 1 aromatic carbocycles. The first kappa shape index (κ1) is 12.3. The van der Waals surface area contributed by atoms with Crippen LogP contribution in [-0.2, 0) is 0 Å². The molecule has 1 heteroatoms. The highest BCUT2D eigenvalue weighted by molar-refractivity contribution is 5.94. The molecule has 0 fully saturated rings. The third-order valence-electron chi connectivity index (χ3n) is 2.83. The van der Waals surface area contributed by atoms with Gasteiger partial charge in [0.2, 0.25) is 0 Å². The van der Waals surface area contributed by atoms with E-state index in [1.54, 1.807) is 6.20 Å². The SMILES string of the molecule is C=CN=C(C)/C=C1/C=CC(c2ccccc2)=CC1. The maximum Gasteiger partial charge on any atom is 0.0375 e. The molecule has 1 nitrogen and oxygen atoms in total. The standard InChI is InChI=1S/C17H17N/c1-3-18-14(2)13-15-9-11-17(12-10-15)16-7-5-4-6-8-16/h3-9,11-13H,1,10H2,2H3/b15-13-,18-14?. The maximum atomic E-state index is 4.15. The van der Waals surface area contributed by atoms with Crippen LogP contribution in [0.2, 0.25) is 0 Å². The molecular weight excluding hydrogens is 218 g/mol. The van der Waals surface area contributed by atoms with Crippen molar-refractivity contribution < 1.29 is 0 Å². The van der Waals surface area contributed by atoms with Gasteiger partial charge in [-0.3, -0.25) is 4.99 Å². The normalized spacial score (nSPS) is 17.7. The van der Waals surface area contributed by atoms with Crippen molar-refractivity contribution in [3.05, 3.63) is 78.6 Å². The van der Waals surface area contributed by atoms with Crippen LogP contribution in [0.5, 0.6) is 0 Å². The van der Waals surface area contributed by atoms with Gasteiger partial charge in [-0.1, -0.05) is 55.1 Å². The fourth-order valence-electron chi connectivity index (χ4n) is 1.96. The maximum absolute atomic E-state index is 4.15. The smallest absolute Gasteiger partial charge is 0.0375 e. The molecule has 0 radical (unpaired) electrons. The van der Waals surface area contributed by atoms with Crippen LogP contribution in [0, 0.1) is 0 Å². The predicted octanol–water partition coefficient (Wildman–Crippen LogP) is 4.56. The van der Waals surface area contributed by atoms with Crippen molar-refractivity contribution in [2.45, 2.75) is 13.3 Å². The van der Waals surface area contributed by atoms with E-state index in [9.17, 15) is 0 Å². The van der Waals surface area contributed by atoms with E-state index in [2.05, 4.69) is 60.1 Å². The molecule has 90 valence electrons. The lowest BCUT2D eigenvalue weighted by atomic mass is 9.96. The number of hydrogen-bond donors (Lipinski definition) is 0. The molecule has 0 atom stereocenters. The summed E-state index contributed by atoms with van der Waals surface area (Å²) in [7, 11) is 0. The molecule has 0 amide bonds. The van der Waals surface area contributed by atoms with Crippen molar-refractivity contribution in [1.29, 1.82) is 0 Å². The molecule has 18 heavy (non-hydrogen) atoms. The first-order valence-corrected chi connectivity index (χ1v) is 6.09. The number of aliphatic imine (C=N–C) groups is 1. The summed E-state index contributed by atoms with van der Waals surface area (Å²) in [5, 5.41) is 0. The fourth-order valence-corrected chi connectivity index (χ4v) is 1.96. The van der Waals surface area contributed by atoms with Gasteiger partial charge in [0.05, 0.1) is 0 Å². The van der Waals surface area contributed by atoms with Crippen molar-refractivity contribution in [3.63, 3.8) is 0 Å². The average Bonchev–Trinajstić information content (AvgIpc) is 2.41. The second-order valence-corrected chi connectivity index (χ2v) is 4.24. The molecule has 0 saturated carbocycles. The van der Waals surface area contributed by atoms with Gasteiger partial charge < -0.3 is 0 Å². The summed E-state index contributed by atoms with van der Waals surface area (Å²) in [6.45, 7) is 5.58. The summed E-state index contributed by atoms with van der Waals surface area (Å²) in [5.41, 5.74) is 4.81. The first-order chi connectivity index (χ1) is 8.79. The number of benzene rings is 1. The van der Waals surface area contributed by atoms with Crippen molar-refractivity contribution in [2.24, 2.45) is 4.99 Å². The van der Waals surface area contributed by atoms with Crippen molar-refractivity contribution in [3.8, 4) is 0 Å². The average molecular weight is 235 g/mol. The Kier molecular flexibility index (Phi) is 4.08. The van der Waals surface area contributed by atoms with Crippen LogP contribution in [0.3, 0.4) is 0 Å². The summed E-state index contributed by atoms with van der Waals surface area (Å²) in [6.07, 6.45) is 11.2. The van der Waals surface area contributed by atoms with Gasteiger partial charge in [-0.25, -0.2) is 0 Å². The van der Waals surface area contributed by atoms with Gasteiger partial charge in [0.1, 0.15) is 0 Å². The predicted molar refractivity (Wildman–Crippen MR) is 79.6 cm³/mol. The van der Waals surface area contributed by atoms with Gasteiger partial charge in [-0.05, 0) is 36.1 Å². The lowest BCUT2D eigenvalue weighted by Gasteiger charge is -2.09. The molecule has 0 spiro atoms. The second kappa shape index (κ2) is 5.97. The van der Waals surface area contributed by atoms with Crippen molar-refractivity contribution >= 4 is 11.3 Å². The molecule has 0 saturated heterocycles. The zero-order chi connectivity index (χ0) is 12.8. The summed E-state index contributed by atoms with van der Waals surface area (Å²) in [6, 6.07) is 10.4. The molecule has 0 unspecified atom stereocenters. The topological polar surface area (TPSA) is 12.4 Å². The van der Waals surface area contributed by atoms with Crippen LogP contribution in [0.1, 0.15) is 18.9 Å². The van der Waals surface area contributed by atoms with Crippen molar-refractivity contribution in [2.75, 3.05) is 0 Å². The molecule has 0 aromatic heterocycles. The molecule has 2 rings (SSSR count). The van der Waals surface area contributed by atoms with Gasteiger partial charge >= 0.3 is 0 Å². The molecular formula is C17H17N. The van der Waals surface area contributed by atoms with Gasteiger partial charge in [-0.2, -0.15) is 0 Å². The number of allylic oxidation sites excluding steroid dienone is 6. The van der Waals surface area contributed by atoms with Crippen LogP contribution < -0.4 is 0 Å². The van der Waals surface area contributed by atoms with E-state index in [0.717, 1.165) is 12.1 Å². The third kappa shape index (κ3) is 3.17. The highest BCUT2D eigenvalue weighted by Crippen LogP contribution is 2.23. The Balaban J connectivity index is 2.13. The fraction of sp³-hybridized carbons (Fsp3) is 0.118. The highest BCUT2D eigenvalue weighted by Gasteiger charge is 2.03. The van der Waals surface area contributed by atoms with Gasteiger partial charge in [0.15, 0.2) is 0 Å². The molecule has 0 bridgehead atoms. The lowest BCUT2D eigenvalue weighted by molar-refractivity contribution is 1.27. The van der Waals surface area contributed by atoms with Gasteiger partial charge in [-0.15, -0.1) is 0 Å². The van der Waals surface area contributed by atoms with Crippen LogP contribution in [0.15, 0.2) is 78.0 Å². The van der Waals surface area contributed by atoms with E-state index < -0.39 is 0 Å². The van der Waals surface area contributed by atoms with E-state index in [0.29, 0.717) is 0 Å². The van der Waals surface area contributed by atoms with E-state index in [1.807, 2.05) is 13.0 Å². The highest BCUT2D eigenvalue weighted by atomic mass is 14.7. The number of rotatable bonds is 3. The molecule has 0 aliphatic heterocycles. The van der Waals surface area contributed by atoms with E-state index >= 15 is 0 Å². The minimum Gasteiger partial charge on any atom is -0.262 e. The molecule has 1 aliphatic rings. The summed E-state index contributed by atoms with van der Waals surface area (Å²) < 4.78 is 0. The zero-order valence-electron chi connectivity index (χ0n) is 10.6. The lowest BCUT2D eigenvalue weighted by Crippen LogP contribution is -1.92. The van der Waals surface area contributed by atoms with Crippen LogP contribution in [0.4, 0.5) is 0 Å². The first-order valence-electron chi connectivity index (χ1n) is 6.09. The Hall–Kier alpha value is -2.15. The van der Waals surface area contributed by atoms with E-state index in [4.69, 9.17) is 0 Å². The number of hydrogen-bond acceptors (Lipinski definition) is 1.